The normalized spacial score (nSPS) is 31.8. The van der Waals surface area contributed by atoms with Crippen LogP contribution in [0.2, 0.25) is 0 Å². The third-order valence-corrected chi connectivity index (χ3v) is 11.5. The van der Waals surface area contributed by atoms with Gasteiger partial charge in [-0.3, -0.25) is 0 Å². The number of aliphatic hydroxyl groups is 1. The van der Waals surface area contributed by atoms with Gasteiger partial charge in [-0.2, -0.15) is 0 Å². The molecule has 7 atom stereocenters. The maximum atomic E-state index is 14.0. The standard InChI is InChI=1S/C36H49N3O3/c1-23(2)24(3)13-14-25(4)31-17-18-32-26(10-9-19-36(31,32)5)21-33-30-16-15-29(40)20-27(30)22-37-34(41)38(35(42)39(33)37)28-11-7-6-8-12-28/h6-8,11-14,21,23-25,29,31-33,40H,9-10,15-20,22H2,1-5H3/b14-13+,26-21+/t24-,25+,29?,31?,32?,33?,36+/m0/s1. The molecule has 1 aromatic carbocycles. The minimum absolute atomic E-state index is 0.240. The molecule has 42 heavy (non-hydrogen) atoms. The van der Waals surface area contributed by atoms with Gasteiger partial charge in [0.25, 0.3) is 0 Å². The average Bonchev–Trinajstić information content (AvgIpc) is 3.45. The van der Waals surface area contributed by atoms with Crippen LogP contribution in [0, 0.1) is 35.0 Å². The van der Waals surface area contributed by atoms with Gasteiger partial charge in [0, 0.05) is 0 Å². The predicted molar refractivity (Wildman–Crippen MR) is 169 cm³/mol. The number of hydrogen-bond acceptors (Lipinski definition) is 3. The van der Waals surface area contributed by atoms with Gasteiger partial charge in [0.1, 0.15) is 0 Å². The van der Waals surface area contributed by atoms with Crippen molar-refractivity contribution < 1.29 is 5.11 Å². The monoisotopic (exact) mass is 571 g/mol. The highest BCUT2D eigenvalue weighted by molar-refractivity contribution is 5.35. The van der Waals surface area contributed by atoms with Crippen molar-refractivity contribution in [2.45, 2.75) is 105 Å². The number of hydrogen-bond donors (Lipinski definition) is 1. The van der Waals surface area contributed by atoms with E-state index in [-0.39, 0.29) is 28.9 Å². The maximum absolute atomic E-state index is 14.0. The van der Waals surface area contributed by atoms with Crippen LogP contribution in [0.25, 0.3) is 5.69 Å². The molecule has 0 spiro atoms. The van der Waals surface area contributed by atoms with E-state index in [1.165, 1.54) is 35.0 Å². The van der Waals surface area contributed by atoms with Crippen LogP contribution in [0.15, 0.2) is 74.9 Å². The molecule has 2 fully saturated rings. The van der Waals surface area contributed by atoms with Gasteiger partial charge in [-0.05, 0) is 110 Å². The molecule has 1 N–H and O–H groups in total. The lowest BCUT2D eigenvalue weighted by molar-refractivity contribution is 0.111. The first-order valence-electron chi connectivity index (χ1n) is 16.4. The van der Waals surface area contributed by atoms with E-state index in [2.05, 4.69) is 52.8 Å². The molecule has 4 aliphatic rings. The molecule has 4 unspecified atom stereocenters. The summed E-state index contributed by atoms with van der Waals surface area (Å²) >= 11 is 0. The van der Waals surface area contributed by atoms with Gasteiger partial charge in [-0.1, -0.05) is 76.6 Å². The molecular weight excluding hydrogens is 522 g/mol. The third kappa shape index (κ3) is 4.94. The SMILES string of the molecule is CC(C)[C@@H](C)/C=C/[C@@H](C)C1CCC2/C(=C/C3C4=C(CC(O)CC4)Cn4c(=O)n(-c5ccccc5)c(=O)n43)CCC[C@@]21C. The molecule has 0 amide bonds. The highest BCUT2D eigenvalue weighted by Gasteiger charge is 2.50. The second-order valence-electron chi connectivity index (χ2n) is 14.3. The molecule has 1 aliphatic heterocycles. The summed E-state index contributed by atoms with van der Waals surface area (Å²) in [7, 11) is 0. The van der Waals surface area contributed by atoms with Crippen molar-refractivity contribution in [1.82, 2.24) is 13.9 Å². The van der Waals surface area contributed by atoms with Gasteiger partial charge in [-0.15, -0.1) is 0 Å². The molecule has 0 bridgehead atoms. The second kappa shape index (κ2) is 11.3. The van der Waals surface area contributed by atoms with Crippen molar-refractivity contribution in [3.05, 3.63) is 86.2 Å². The zero-order valence-electron chi connectivity index (χ0n) is 26.1. The molecule has 0 saturated heterocycles. The molecule has 6 rings (SSSR count). The Morgan fingerprint density at radius 1 is 0.976 bits per heavy atom. The lowest BCUT2D eigenvalue weighted by Crippen LogP contribution is -2.39. The fourth-order valence-corrected chi connectivity index (χ4v) is 8.80. The molecule has 1 aromatic heterocycles. The molecule has 6 heteroatoms. The highest BCUT2D eigenvalue weighted by Crippen LogP contribution is 2.60. The van der Waals surface area contributed by atoms with Crippen LogP contribution in [-0.4, -0.2) is 25.1 Å². The molecule has 2 saturated carbocycles. The Bertz CT molecular complexity index is 1520. The Hall–Kier alpha value is -2.86. The van der Waals surface area contributed by atoms with Gasteiger partial charge in [0.15, 0.2) is 0 Å². The number of para-hydroxylation sites is 1. The molecule has 6 nitrogen and oxygen atoms in total. The number of aromatic nitrogens is 3. The molecule has 0 radical (unpaired) electrons. The Labute approximate surface area is 250 Å². The molecule has 3 aliphatic carbocycles. The van der Waals surface area contributed by atoms with Crippen LogP contribution in [0.5, 0.6) is 0 Å². The predicted octanol–water partition coefficient (Wildman–Crippen LogP) is 6.82. The number of aliphatic hydroxyl groups excluding tert-OH is 1. The van der Waals surface area contributed by atoms with Crippen molar-refractivity contribution in [3.8, 4) is 5.69 Å². The Morgan fingerprint density at radius 3 is 2.48 bits per heavy atom. The van der Waals surface area contributed by atoms with Gasteiger partial charge in [-0.25, -0.2) is 23.5 Å². The van der Waals surface area contributed by atoms with Crippen LogP contribution in [-0.2, 0) is 6.54 Å². The smallest absolute Gasteiger partial charge is 0.352 e. The van der Waals surface area contributed by atoms with Crippen molar-refractivity contribution in [1.29, 1.82) is 0 Å². The first-order valence-corrected chi connectivity index (χ1v) is 16.4. The van der Waals surface area contributed by atoms with Crippen molar-refractivity contribution >= 4 is 0 Å². The summed E-state index contributed by atoms with van der Waals surface area (Å²) < 4.78 is 4.69. The minimum atomic E-state index is -0.385. The number of nitrogens with zero attached hydrogens (tertiary/aromatic N) is 3. The van der Waals surface area contributed by atoms with Gasteiger partial charge in [0.2, 0.25) is 0 Å². The topological polar surface area (TPSA) is 69.2 Å². The Kier molecular flexibility index (Phi) is 7.88. The van der Waals surface area contributed by atoms with E-state index >= 15 is 0 Å². The van der Waals surface area contributed by atoms with Crippen LogP contribution in [0.4, 0.5) is 0 Å². The van der Waals surface area contributed by atoms with Crippen molar-refractivity contribution in [2.24, 2.45) is 35.0 Å². The van der Waals surface area contributed by atoms with Gasteiger partial charge in [0.05, 0.1) is 24.4 Å². The van der Waals surface area contributed by atoms with E-state index in [0.717, 1.165) is 24.8 Å². The van der Waals surface area contributed by atoms with Crippen LogP contribution < -0.4 is 11.4 Å². The van der Waals surface area contributed by atoms with E-state index in [0.29, 0.717) is 54.7 Å². The van der Waals surface area contributed by atoms with Crippen LogP contribution in [0.3, 0.4) is 0 Å². The lowest BCUT2D eigenvalue weighted by atomic mass is 9.61. The summed E-state index contributed by atoms with van der Waals surface area (Å²) in [5, 5.41) is 10.5. The fraction of sp³-hybridized carbons (Fsp3) is 0.611. The zero-order valence-corrected chi connectivity index (χ0v) is 26.1. The average molecular weight is 572 g/mol. The number of allylic oxidation sites excluding steroid dienone is 5. The molecule has 2 aromatic rings. The van der Waals surface area contributed by atoms with E-state index in [4.69, 9.17) is 0 Å². The summed E-state index contributed by atoms with van der Waals surface area (Å²) in [5.41, 5.74) is 4.11. The van der Waals surface area contributed by atoms with E-state index in [9.17, 15) is 14.7 Å². The molecule has 2 heterocycles. The molecular formula is C36H49N3O3. The van der Waals surface area contributed by atoms with Crippen molar-refractivity contribution in [3.63, 3.8) is 0 Å². The summed E-state index contributed by atoms with van der Waals surface area (Å²) in [4.78, 5) is 27.8. The minimum Gasteiger partial charge on any atom is -0.393 e. The summed E-state index contributed by atoms with van der Waals surface area (Å²) in [6.45, 7) is 12.2. The number of benzene rings is 1. The summed E-state index contributed by atoms with van der Waals surface area (Å²) in [6.07, 6.45) is 14.9. The largest absolute Gasteiger partial charge is 0.393 e. The number of fused-ring (bicyclic) bond motifs is 2. The summed E-state index contributed by atoms with van der Waals surface area (Å²) in [6, 6.07) is 8.99. The van der Waals surface area contributed by atoms with Gasteiger partial charge < -0.3 is 5.11 Å². The highest BCUT2D eigenvalue weighted by atomic mass is 16.3. The lowest BCUT2D eigenvalue weighted by Gasteiger charge is -2.44. The second-order valence-corrected chi connectivity index (χ2v) is 14.3. The Balaban J connectivity index is 1.40. The van der Waals surface area contributed by atoms with Gasteiger partial charge >= 0.3 is 11.4 Å². The molecule has 226 valence electrons. The summed E-state index contributed by atoms with van der Waals surface area (Å²) in [5.74, 6) is 2.92. The van der Waals surface area contributed by atoms with E-state index < -0.39 is 0 Å². The fourth-order valence-electron chi connectivity index (χ4n) is 8.80. The first kappa shape index (κ1) is 29.2. The third-order valence-electron chi connectivity index (χ3n) is 11.5. The quantitative estimate of drug-likeness (QED) is 0.387. The zero-order chi connectivity index (χ0) is 29.8. The first-order chi connectivity index (χ1) is 20.1. The van der Waals surface area contributed by atoms with Crippen LogP contribution >= 0.6 is 0 Å². The van der Waals surface area contributed by atoms with E-state index in [1.807, 2.05) is 30.3 Å². The number of rotatable bonds is 6. The van der Waals surface area contributed by atoms with Crippen LogP contribution in [0.1, 0.15) is 92.0 Å². The van der Waals surface area contributed by atoms with Crippen molar-refractivity contribution in [2.75, 3.05) is 0 Å². The maximum Gasteiger partial charge on any atom is 0.352 e. The Morgan fingerprint density at radius 2 is 1.74 bits per heavy atom. The van der Waals surface area contributed by atoms with E-state index in [1.54, 1.807) is 9.36 Å².